The third-order valence-corrected chi connectivity index (χ3v) is 7.46. The van der Waals surface area contributed by atoms with Crippen LogP contribution in [0.1, 0.15) is 79.1 Å². The molecule has 0 aromatic heterocycles. The van der Waals surface area contributed by atoms with Crippen molar-refractivity contribution >= 4 is 40.3 Å². The van der Waals surface area contributed by atoms with Gasteiger partial charge in [0, 0.05) is 24.5 Å². The number of likely N-dealkylation sites (tertiary alicyclic amines) is 1. The normalized spacial score (nSPS) is 28.0. The Balaban J connectivity index is 2.10. The van der Waals surface area contributed by atoms with Gasteiger partial charge in [-0.2, -0.15) is 0 Å². The highest BCUT2D eigenvalue weighted by molar-refractivity contribution is 7.80. The molecule has 0 aromatic carbocycles. The fourth-order valence-corrected chi connectivity index (χ4v) is 5.40. The van der Waals surface area contributed by atoms with Crippen LogP contribution in [0.5, 0.6) is 0 Å². The zero-order valence-corrected chi connectivity index (χ0v) is 20.3. The first-order valence-corrected chi connectivity index (χ1v) is 12.0. The van der Waals surface area contributed by atoms with Crippen LogP contribution in [0.25, 0.3) is 0 Å². The highest BCUT2D eigenvalue weighted by atomic mass is 32.1. The lowest BCUT2D eigenvalue weighted by molar-refractivity contribution is -0.137. The van der Waals surface area contributed by atoms with Gasteiger partial charge in [-0.05, 0) is 43.4 Å². The van der Waals surface area contributed by atoms with Crippen LogP contribution < -0.4 is 16.8 Å². The molecule has 2 fully saturated rings. The largest absolute Gasteiger partial charge is 0.393 e. The molecule has 2 aliphatic rings. The van der Waals surface area contributed by atoms with E-state index in [1.807, 2.05) is 0 Å². The van der Waals surface area contributed by atoms with Crippen molar-refractivity contribution in [3.63, 3.8) is 0 Å². The number of rotatable bonds is 9. The summed E-state index contributed by atoms with van der Waals surface area (Å²) in [5.74, 6) is 0.851. The number of hydrogen-bond acceptors (Lipinski definition) is 4. The van der Waals surface area contributed by atoms with Gasteiger partial charge in [0.05, 0.1) is 9.98 Å². The molecule has 0 bridgehead atoms. The Morgan fingerprint density at radius 2 is 1.97 bits per heavy atom. The van der Waals surface area contributed by atoms with Crippen molar-refractivity contribution in [1.82, 2.24) is 10.2 Å². The lowest BCUT2D eigenvalue weighted by Crippen LogP contribution is -2.57. The molecule has 7 heteroatoms. The van der Waals surface area contributed by atoms with Crippen molar-refractivity contribution in [3.05, 3.63) is 0 Å². The van der Waals surface area contributed by atoms with Crippen molar-refractivity contribution in [2.24, 2.45) is 28.2 Å². The van der Waals surface area contributed by atoms with Crippen molar-refractivity contribution in [3.8, 4) is 0 Å². The number of carbonyl (C=O) groups is 1. The molecule has 166 valence electrons. The maximum Gasteiger partial charge on any atom is 0.245 e. The van der Waals surface area contributed by atoms with Crippen LogP contribution in [0.4, 0.5) is 0 Å². The minimum Gasteiger partial charge on any atom is -0.393 e. The average molecular weight is 441 g/mol. The molecule has 2 atom stereocenters. The van der Waals surface area contributed by atoms with E-state index in [-0.39, 0.29) is 35.4 Å². The quantitative estimate of drug-likeness (QED) is 0.476. The average Bonchev–Trinajstić information content (AvgIpc) is 3.07. The van der Waals surface area contributed by atoms with Gasteiger partial charge < -0.3 is 21.7 Å². The Morgan fingerprint density at radius 1 is 1.31 bits per heavy atom. The summed E-state index contributed by atoms with van der Waals surface area (Å²) in [4.78, 5) is 16.7. The van der Waals surface area contributed by atoms with Gasteiger partial charge in [0.2, 0.25) is 5.91 Å². The predicted octanol–water partition coefficient (Wildman–Crippen LogP) is 3.53. The van der Waals surface area contributed by atoms with Crippen LogP contribution in [0.15, 0.2) is 0 Å². The molecule has 1 saturated carbocycles. The molecule has 5 N–H and O–H groups in total. The molecule has 29 heavy (non-hydrogen) atoms. The van der Waals surface area contributed by atoms with Crippen molar-refractivity contribution < 1.29 is 4.79 Å². The second-order valence-electron chi connectivity index (χ2n) is 10.2. The van der Waals surface area contributed by atoms with E-state index in [0.717, 1.165) is 44.6 Å². The van der Waals surface area contributed by atoms with Crippen LogP contribution in [0, 0.1) is 16.7 Å². The number of hydrogen-bond donors (Lipinski definition) is 3. The van der Waals surface area contributed by atoms with Crippen molar-refractivity contribution in [1.29, 1.82) is 0 Å². The molecule has 0 radical (unpaired) electrons. The van der Waals surface area contributed by atoms with E-state index in [4.69, 9.17) is 35.9 Å². The zero-order chi connectivity index (χ0) is 21.8. The fraction of sp³-hybridized carbons (Fsp3) is 0.864. The highest BCUT2D eigenvalue weighted by Crippen LogP contribution is 2.52. The number of unbranched alkanes of at least 4 members (excludes halogenated alkanes) is 1. The number of nitrogens with two attached hydrogens (primary N) is 2. The molecule has 0 spiro atoms. The first kappa shape index (κ1) is 24.5. The number of thiocarbonyl (C=S) groups is 2. The Kier molecular flexibility index (Phi) is 8.45. The van der Waals surface area contributed by atoms with Crippen molar-refractivity contribution in [2.45, 2.75) is 91.1 Å². The molecule has 1 amide bonds. The van der Waals surface area contributed by atoms with E-state index in [2.05, 4.69) is 37.9 Å². The molecule has 0 aromatic rings. The lowest BCUT2D eigenvalue weighted by atomic mass is 9.58. The van der Waals surface area contributed by atoms with Gasteiger partial charge in [-0.15, -0.1) is 0 Å². The molecule has 0 unspecified atom stereocenters. The minimum absolute atomic E-state index is 0.0709. The molecule has 1 saturated heterocycles. The van der Waals surface area contributed by atoms with Crippen LogP contribution in [-0.4, -0.2) is 46.0 Å². The van der Waals surface area contributed by atoms with Gasteiger partial charge in [0.1, 0.15) is 6.04 Å². The Hall–Kier alpha value is -0.790. The van der Waals surface area contributed by atoms with E-state index < -0.39 is 0 Å². The van der Waals surface area contributed by atoms with E-state index in [0.29, 0.717) is 9.98 Å². The van der Waals surface area contributed by atoms with Crippen LogP contribution >= 0.6 is 24.4 Å². The summed E-state index contributed by atoms with van der Waals surface area (Å²) < 4.78 is 0. The monoisotopic (exact) mass is 440 g/mol. The maximum absolute atomic E-state index is 13.5. The van der Waals surface area contributed by atoms with Gasteiger partial charge in [0.15, 0.2) is 0 Å². The smallest absolute Gasteiger partial charge is 0.245 e. The Morgan fingerprint density at radius 3 is 2.48 bits per heavy atom. The number of carbonyl (C=O) groups excluding carboxylic acids is 1. The van der Waals surface area contributed by atoms with E-state index in [9.17, 15) is 4.79 Å². The Labute approximate surface area is 187 Å². The van der Waals surface area contributed by atoms with Gasteiger partial charge in [-0.3, -0.25) is 4.79 Å². The molecule has 2 rings (SSSR count). The summed E-state index contributed by atoms with van der Waals surface area (Å²) in [6, 6.07) is -0.173. The van der Waals surface area contributed by atoms with Gasteiger partial charge in [0.25, 0.3) is 0 Å². The van der Waals surface area contributed by atoms with Crippen LogP contribution in [-0.2, 0) is 4.79 Å². The summed E-state index contributed by atoms with van der Waals surface area (Å²) in [7, 11) is 0. The summed E-state index contributed by atoms with van der Waals surface area (Å²) >= 11 is 10.8. The first-order chi connectivity index (χ1) is 13.5. The molecule has 1 heterocycles. The maximum atomic E-state index is 13.5. The van der Waals surface area contributed by atoms with E-state index in [1.165, 1.54) is 19.3 Å². The van der Waals surface area contributed by atoms with E-state index >= 15 is 0 Å². The standard InChI is InChI=1S/C22H40N4OS2/c1-5-6-8-15-11-22(12-15,20(24)29)13-16-9-7-10-26(16)19(27)18(21(2,3)4)25-17(28)14-23/h15-16,18H,5-14,23H2,1-4H3,(H2,24,29)(H,25,28)/t15?,16-,18-,22?/m1/s1. The third kappa shape index (κ3) is 5.88. The highest BCUT2D eigenvalue weighted by Gasteiger charge is 2.49. The Bertz CT molecular complexity index is 610. The van der Waals surface area contributed by atoms with Crippen LogP contribution in [0.2, 0.25) is 0 Å². The molecular weight excluding hydrogens is 400 g/mol. The van der Waals surface area contributed by atoms with Crippen molar-refractivity contribution in [2.75, 3.05) is 13.1 Å². The fourth-order valence-electron chi connectivity index (χ4n) is 5.03. The summed E-state index contributed by atoms with van der Waals surface area (Å²) in [6.45, 7) is 9.47. The summed E-state index contributed by atoms with van der Waals surface area (Å²) in [5, 5.41) is 3.21. The zero-order valence-electron chi connectivity index (χ0n) is 18.6. The van der Waals surface area contributed by atoms with Gasteiger partial charge in [-0.1, -0.05) is 71.4 Å². The summed E-state index contributed by atoms with van der Waals surface area (Å²) in [5.41, 5.74) is 11.6. The first-order valence-electron chi connectivity index (χ1n) is 11.1. The topological polar surface area (TPSA) is 84.4 Å². The second-order valence-corrected chi connectivity index (χ2v) is 11.1. The number of nitrogens with one attached hydrogen (secondary N) is 1. The third-order valence-electron chi connectivity index (χ3n) is 6.74. The summed E-state index contributed by atoms with van der Waals surface area (Å²) in [6.07, 6.45) is 8.88. The molecule has 1 aliphatic carbocycles. The predicted molar refractivity (Wildman–Crippen MR) is 129 cm³/mol. The number of nitrogens with zero attached hydrogens (tertiary/aromatic N) is 1. The molecule has 5 nitrogen and oxygen atoms in total. The molecule has 1 aliphatic heterocycles. The lowest BCUT2D eigenvalue weighted by Gasteiger charge is -2.50. The minimum atomic E-state index is -0.376. The number of amides is 1. The SMILES string of the molecule is CCCCC1CC(C[C@H]2CCCN2C(=O)[C@@H](NC(=S)CN)C(C)(C)C)(C(N)=S)C1. The molecular formula is C22H40N4OS2. The van der Waals surface area contributed by atoms with E-state index in [1.54, 1.807) is 0 Å². The van der Waals surface area contributed by atoms with Crippen LogP contribution in [0.3, 0.4) is 0 Å². The van der Waals surface area contributed by atoms with Gasteiger partial charge in [-0.25, -0.2) is 0 Å². The second kappa shape index (κ2) is 10.0. The van der Waals surface area contributed by atoms with Gasteiger partial charge >= 0.3 is 0 Å².